The molecule has 0 spiro atoms. The van der Waals surface area contributed by atoms with E-state index in [1.165, 1.54) is 19.3 Å². The number of carbonyl (C=O) groups is 1. The van der Waals surface area contributed by atoms with Crippen molar-refractivity contribution in [2.24, 2.45) is 17.8 Å². The number of ether oxygens (including phenoxy) is 2. The van der Waals surface area contributed by atoms with Crippen molar-refractivity contribution in [2.75, 3.05) is 25.2 Å². The first-order valence-electron chi connectivity index (χ1n) is 10.5. The molecule has 3 unspecified atom stereocenters. The van der Waals surface area contributed by atoms with Gasteiger partial charge in [0.2, 0.25) is 5.91 Å². The normalized spacial score (nSPS) is 29.7. The molecule has 5 nitrogen and oxygen atoms in total. The molecule has 148 valence electrons. The van der Waals surface area contributed by atoms with Crippen LogP contribution in [0.5, 0.6) is 5.75 Å². The van der Waals surface area contributed by atoms with Crippen LogP contribution in [-0.4, -0.2) is 42.8 Å². The Hall–Kier alpha value is -1.59. The van der Waals surface area contributed by atoms with Crippen molar-refractivity contribution < 1.29 is 14.3 Å². The number of nitrogens with one attached hydrogen (secondary N) is 1. The van der Waals surface area contributed by atoms with Crippen LogP contribution in [0.4, 0.5) is 5.69 Å². The predicted molar refractivity (Wildman–Crippen MR) is 106 cm³/mol. The van der Waals surface area contributed by atoms with Gasteiger partial charge in [0.15, 0.2) is 0 Å². The maximum atomic E-state index is 12.2. The zero-order valence-electron chi connectivity index (χ0n) is 16.5. The highest BCUT2D eigenvalue weighted by molar-refractivity contribution is 5.90. The molecule has 3 atom stereocenters. The van der Waals surface area contributed by atoms with E-state index in [2.05, 4.69) is 24.1 Å². The quantitative estimate of drug-likeness (QED) is 0.752. The fraction of sp³-hybridized carbons (Fsp3) is 0.682. The molecule has 27 heavy (non-hydrogen) atoms. The molecular formula is C22H32N2O3. The van der Waals surface area contributed by atoms with Crippen molar-refractivity contribution in [1.82, 2.24) is 4.90 Å². The van der Waals surface area contributed by atoms with E-state index in [0.717, 1.165) is 42.2 Å². The summed E-state index contributed by atoms with van der Waals surface area (Å²) < 4.78 is 11.6. The molecule has 1 aromatic carbocycles. The Morgan fingerprint density at radius 3 is 2.67 bits per heavy atom. The lowest BCUT2D eigenvalue weighted by atomic mass is 10.1. The van der Waals surface area contributed by atoms with Gasteiger partial charge in [0.05, 0.1) is 6.73 Å². The Balaban J connectivity index is 1.16. The number of amides is 1. The third-order valence-corrected chi connectivity index (χ3v) is 6.51. The molecule has 1 aromatic rings. The predicted octanol–water partition coefficient (Wildman–Crippen LogP) is 3.90. The molecule has 1 aliphatic heterocycles. The number of benzene rings is 1. The van der Waals surface area contributed by atoms with Crippen LogP contribution in [0.2, 0.25) is 0 Å². The van der Waals surface area contributed by atoms with Crippen LogP contribution in [-0.2, 0) is 9.53 Å². The van der Waals surface area contributed by atoms with Gasteiger partial charge in [-0.05, 0) is 75.1 Å². The van der Waals surface area contributed by atoms with Crippen LogP contribution in [0, 0.1) is 17.8 Å². The molecule has 0 radical (unpaired) electrons. The summed E-state index contributed by atoms with van der Waals surface area (Å²) in [6, 6.07) is 8.15. The van der Waals surface area contributed by atoms with Gasteiger partial charge in [0, 0.05) is 24.7 Å². The van der Waals surface area contributed by atoms with Crippen LogP contribution in [0.25, 0.3) is 0 Å². The van der Waals surface area contributed by atoms with Crippen molar-refractivity contribution in [3.63, 3.8) is 0 Å². The lowest BCUT2D eigenvalue weighted by molar-refractivity contribution is -0.116. The first kappa shape index (κ1) is 18.8. The van der Waals surface area contributed by atoms with Crippen molar-refractivity contribution in [3.05, 3.63) is 24.3 Å². The number of rotatable bonds is 8. The van der Waals surface area contributed by atoms with E-state index in [4.69, 9.17) is 9.47 Å². The molecule has 1 saturated heterocycles. The van der Waals surface area contributed by atoms with E-state index < -0.39 is 0 Å². The van der Waals surface area contributed by atoms with E-state index >= 15 is 0 Å². The van der Waals surface area contributed by atoms with Gasteiger partial charge in [-0.1, -0.05) is 6.42 Å². The summed E-state index contributed by atoms with van der Waals surface area (Å²) in [5.41, 5.74) is 0.839. The van der Waals surface area contributed by atoms with Gasteiger partial charge in [-0.3, -0.25) is 9.69 Å². The Kier molecular flexibility index (Phi) is 5.69. The summed E-state index contributed by atoms with van der Waals surface area (Å²) in [5, 5.41) is 3.01. The highest BCUT2D eigenvalue weighted by Crippen LogP contribution is 2.59. The van der Waals surface area contributed by atoms with Gasteiger partial charge in [-0.15, -0.1) is 0 Å². The summed E-state index contributed by atoms with van der Waals surface area (Å²) in [6.45, 7) is 6.50. The van der Waals surface area contributed by atoms with Crippen LogP contribution in [0.15, 0.2) is 24.3 Å². The van der Waals surface area contributed by atoms with E-state index in [0.29, 0.717) is 25.8 Å². The fourth-order valence-corrected chi connectivity index (χ4v) is 4.77. The number of hydrogen-bond donors (Lipinski definition) is 1. The highest BCUT2D eigenvalue weighted by atomic mass is 16.5. The summed E-state index contributed by atoms with van der Waals surface area (Å²) in [7, 11) is 0. The standard InChI is InChI=1S/C22H32N2O3/c1-15(2)24-12-18(27-14-24)13-26-17-8-6-16(7-9-17)23-22(25)11-10-21-19-4-3-5-20(19)21/h6-9,15,18-21H,3-5,10-14H2,1-2H3,(H,23,25). The van der Waals surface area contributed by atoms with Gasteiger partial charge in [-0.2, -0.15) is 0 Å². The molecule has 3 fully saturated rings. The third-order valence-electron chi connectivity index (χ3n) is 6.51. The zero-order valence-corrected chi connectivity index (χ0v) is 16.5. The molecule has 2 saturated carbocycles. The van der Waals surface area contributed by atoms with Crippen molar-refractivity contribution >= 4 is 11.6 Å². The molecule has 2 aliphatic carbocycles. The summed E-state index contributed by atoms with van der Waals surface area (Å²) in [5.74, 6) is 3.63. The third kappa shape index (κ3) is 4.64. The molecule has 4 rings (SSSR count). The number of anilines is 1. The van der Waals surface area contributed by atoms with Gasteiger partial charge in [0.1, 0.15) is 18.5 Å². The maximum Gasteiger partial charge on any atom is 0.224 e. The summed E-state index contributed by atoms with van der Waals surface area (Å²) in [4.78, 5) is 14.5. The zero-order chi connectivity index (χ0) is 18.8. The summed E-state index contributed by atoms with van der Waals surface area (Å²) >= 11 is 0. The van der Waals surface area contributed by atoms with Gasteiger partial charge in [0.25, 0.3) is 0 Å². The SMILES string of the molecule is CC(C)N1COC(COc2ccc(NC(=O)CCC3C4CCCC43)cc2)C1. The first-order chi connectivity index (χ1) is 13.1. The average Bonchev–Trinajstić information content (AvgIpc) is 3.05. The lowest BCUT2D eigenvalue weighted by Crippen LogP contribution is -2.30. The topological polar surface area (TPSA) is 50.8 Å². The average molecular weight is 373 g/mol. The molecular weight excluding hydrogens is 340 g/mol. The summed E-state index contributed by atoms with van der Waals surface area (Å²) in [6.07, 6.45) is 5.99. The van der Waals surface area contributed by atoms with Gasteiger partial charge < -0.3 is 14.8 Å². The van der Waals surface area contributed by atoms with Gasteiger partial charge in [-0.25, -0.2) is 0 Å². The number of hydrogen-bond acceptors (Lipinski definition) is 4. The Labute approximate surface area is 162 Å². The van der Waals surface area contributed by atoms with Gasteiger partial charge >= 0.3 is 0 Å². The minimum Gasteiger partial charge on any atom is -0.491 e. The van der Waals surface area contributed by atoms with E-state index in [1.54, 1.807) is 0 Å². The largest absolute Gasteiger partial charge is 0.491 e. The molecule has 1 N–H and O–H groups in total. The number of nitrogens with zero attached hydrogens (tertiary/aromatic N) is 1. The molecule has 3 aliphatic rings. The minimum absolute atomic E-state index is 0.119. The van der Waals surface area contributed by atoms with Crippen molar-refractivity contribution in [3.8, 4) is 5.75 Å². The number of fused-ring (bicyclic) bond motifs is 1. The fourth-order valence-electron chi connectivity index (χ4n) is 4.77. The molecule has 0 bridgehead atoms. The highest BCUT2D eigenvalue weighted by Gasteiger charge is 2.51. The maximum absolute atomic E-state index is 12.2. The second-order valence-electron chi connectivity index (χ2n) is 8.63. The lowest BCUT2D eigenvalue weighted by Gasteiger charge is -2.17. The second-order valence-corrected chi connectivity index (χ2v) is 8.63. The van der Waals surface area contributed by atoms with E-state index in [1.807, 2.05) is 24.3 Å². The Morgan fingerprint density at radius 1 is 1.26 bits per heavy atom. The first-order valence-corrected chi connectivity index (χ1v) is 10.5. The molecule has 5 heteroatoms. The molecule has 1 amide bonds. The smallest absolute Gasteiger partial charge is 0.224 e. The van der Waals surface area contributed by atoms with Crippen LogP contribution >= 0.6 is 0 Å². The molecule has 0 aromatic heterocycles. The Bertz CT molecular complexity index is 635. The Morgan fingerprint density at radius 2 is 2.00 bits per heavy atom. The van der Waals surface area contributed by atoms with E-state index in [-0.39, 0.29) is 12.0 Å². The molecule has 1 heterocycles. The number of carbonyl (C=O) groups excluding carboxylic acids is 1. The second kappa shape index (κ2) is 8.19. The van der Waals surface area contributed by atoms with Crippen LogP contribution < -0.4 is 10.1 Å². The van der Waals surface area contributed by atoms with Crippen LogP contribution in [0.3, 0.4) is 0 Å². The van der Waals surface area contributed by atoms with Crippen LogP contribution in [0.1, 0.15) is 46.0 Å². The van der Waals surface area contributed by atoms with E-state index in [9.17, 15) is 4.79 Å². The van der Waals surface area contributed by atoms with Crippen molar-refractivity contribution in [2.45, 2.75) is 58.1 Å². The van der Waals surface area contributed by atoms with Crippen molar-refractivity contribution in [1.29, 1.82) is 0 Å². The minimum atomic E-state index is 0.119. The monoisotopic (exact) mass is 372 g/mol.